The van der Waals surface area contributed by atoms with Crippen LogP contribution in [0, 0.1) is 0 Å². The van der Waals surface area contributed by atoms with Crippen LogP contribution in [0.2, 0.25) is 0 Å². The van der Waals surface area contributed by atoms with Gasteiger partial charge in [0.2, 0.25) is 0 Å². The maximum atomic E-state index is 12.0. The predicted molar refractivity (Wildman–Crippen MR) is 71.1 cm³/mol. The molecule has 102 valence electrons. The highest BCUT2D eigenvalue weighted by Crippen LogP contribution is 2.20. The van der Waals surface area contributed by atoms with Crippen LogP contribution in [0.3, 0.4) is 0 Å². The highest BCUT2D eigenvalue weighted by atomic mass is 16.5. The number of carbonyl (C=O) groups is 1. The molecule has 5 heteroatoms. The Morgan fingerprint density at radius 3 is 3.00 bits per heavy atom. The zero-order valence-corrected chi connectivity index (χ0v) is 10.6. The number of rotatable bonds is 7. The number of fused-ring (bicyclic) bond motifs is 1. The molecule has 1 heterocycles. The fourth-order valence-electron chi connectivity index (χ4n) is 1.79. The summed E-state index contributed by atoms with van der Waals surface area (Å²) < 4.78 is 10.4. The molecule has 0 atom stereocenters. The molecule has 19 heavy (non-hydrogen) atoms. The van der Waals surface area contributed by atoms with Crippen molar-refractivity contribution >= 4 is 16.9 Å². The van der Waals surface area contributed by atoms with Gasteiger partial charge in [-0.25, -0.2) is 0 Å². The van der Waals surface area contributed by atoms with Crippen molar-refractivity contribution in [2.45, 2.75) is 6.42 Å². The molecule has 0 saturated heterocycles. The van der Waals surface area contributed by atoms with Crippen LogP contribution in [0.5, 0.6) is 0 Å². The summed E-state index contributed by atoms with van der Waals surface area (Å²) in [5.41, 5.74) is 1.26. The van der Waals surface area contributed by atoms with Crippen LogP contribution in [0.25, 0.3) is 11.0 Å². The van der Waals surface area contributed by atoms with E-state index in [9.17, 15) is 4.79 Å². The number of benzene rings is 1. The van der Waals surface area contributed by atoms with Crippen molar-refractivity contribution in [2.75, 3.05) is 26.4 Å². The third-order valence-electron chi connectivity index (χ3n) is 2.71. The molecule has 0 aliphatic heterocycles. The molecule has 0 radical (unpaired) electrons. The number of hydrogen-bond acceptors (Lipinski definition) is 4. The number of hydrogen-bond donors (Lipinski definition) is 2. The smallest absolute Gasteiger partial charge is 0.255 e. The number of para-hydroxylation sites is 1. The van der Waals surface area contributed by atoms with Gasteiger partial charge in [0.05, 0.1) is 18.8 Å². The van der Waals surface area contributed by atoms with Crippen LogP contribution in [-0.2, 0) is 4.74 Å². The third-order valence-corrected chi connectivity index (χ3v) is 2.71. The summed E-state index contributed by atoms with van der Waals surface area (Å²) in [4.78, 5) is 12.0. The lowest BCUT2D eigenvalue weighted by molar-refractivity contribution is 0.0868. The first kappa shape index (κ1) is 13.6. The van der Waals surface area contributed by atoms with E-state index in [1.165, 1.54) is 6.26 Å². The average molecular weight is 263 g/mol. The largest absolute Gasteiger partial charge is 0.463 e. The molecule has 0 unspecified atom stereocenters. The van der Waals surface area contributed by atoms with Crippen LogP contribution in [-0.4, -0.2) is 37.4 Å². The Morgan fingerprint density at radius 2 is 2.16 bits per heavy atom. The van der Waals surface area contributed by atoms with Gasteiger partial charge >= 0.3 is 0 Å². The molecule has 0 fully saturated rings. The van der Waals surface area contributed by atoms with Crippen molar-refractivity contribution < 1.29 is 19.1 Å². The SMILES string of the molecule is O=C(NCCCOCCO)c1coc2ccccc12. The molecule has 0 aliphatic carbocycles. The zero-order chi connectivity index (χ0) is 13.5. The van der Waals surface area contributed by atoms with Crippen molar-refractivity contribution in [3.05, 3.63) is 36.1 Å². The van der Waals surface area contributed by atoms with E-state index in [0.29, 0.717) is 37.3 Å². The van der Waals surface area contributed by atoms with Crippen LogP contribution in [0.4, 0.5) is 0 Å². The maximum absolute atomic E-state index is 12.0. The second-order valence-electron chi connectivity index (χ2n) is 4.09. The average Bonchev–Trinajstić information content (AvgIpc) is 2.86. The van der Waals surface area contributed by atoms with Crippen molar-refractivity contribution in [3.63, 3.8) is 0 Å². The normalized spacial score (nSPS) is 10.8. The number of furan rings is 1. The lowest BCUT2D eigenvalue weighted by atomic mass is 10.1. The Bertz CT molecular complexity index is 535. The summed E-state index contributed by atoms with van der Waals surface area (Å²) in [7, 11) is 0. The molecule has 0 bridgehead atoms. The van der Waals surface area contributed by atoms with Gasteiger partial charge in [-0.1, -0.05) is 18.2 Å². The van der Waals surface area contributed by atoms with Crippen molar-refractivity contribution in [1.29, 1.82) is 0 Å². The summed E-state index contributed by atoms with van der Waals surface area (Å²) in [6, 6.07) is 7.43. The number of nitrogens with one attached hydrogen (secondary N) is 1. The molecule has 2 aromatic rings. The summed E-state index contributed by atoms with van der Waals surface area (Å²) in [6.45, 7) is 1.41. The van der Waals surface area contributed by atoms with E-state index in [0.717, 1.165) is 5.39 Å². The molecule has 2 rings (SSSR count). The van der Waals surface area contributed by atoms with E-state index in [-0.39, 0.29) is 12.5 Å². The van der Waals surface area contributed by atoms with E-state index in [1.54, 1.807) is 0 Å². The molecular weight excluding hydrogens is 246 g/mol. The molecular formula is C14H17NO4. The lowest BCUT2D eigenvalue weighted by Crippen LogP contribution is -2.25. The third kappa shape index (κ3) is 3.56. The Kier molecular flexibility index (Phi) is 4.94. The van der Waals surface area contributed by atoms with E-state index in [1.807, 2.05) is 24.3 Å². The number of ether oxygens (including phenoxy) is 1. The summed E-state index contributed by atoms with van der Waals surface area (Å²) in [6.07, 6.45) is 2.18. The minimum absolute atomic E-state index is 0.0212. The van der Waals surface area contributed by atoms with Crippen LogP contribution in [0.15, 0.2) is 34.9 Å². The molecule has 1 aromatic carbocycles. The fourth-order valence-corrected chi connectivity index (χ4v) is 1.79. The van der Waals surface area contributed by atoms with Gasteiger partial charge in [0.1, 0.15) is 11.8 Å². The number of aliphatic hydroxyl groups excluding tert-OH is 1. The quantitative estimate of drug-likeness (QED) is 0.744. The topological polar surface area (TPSA) is 71.7 Å². The lowest BCUT2D eigenvalue weighted by Gasteiger charge is -2.04. The standard InChI is InChI=1S/C14H17NO4/c16-7-9-18-8-3-6-15-14(17)12-10-19-13-5-2-1-4-11(12)13/h1-2,4-5,10,16H,3,6-9H2,(H,15,17). The molecule has 5 nitrogen and oxygen atoms in total. The van der Waals surface area contributed by atoms with E-state index < -0.39 is 0 Å². The van der Waals surface area contributed by atoms with Gasteiger partial charge in [0.15, 0.2) is 0 Å². The van der Waals surface area contributed by atoms with Gasteiger partial charge in [-0.15, -0.1) is 0 Å². The van der Waals surface area contributed by atoms with Crippen LogP contribution in [0.1, 0.15) is 16.8 Å². The van der Waals surface area contributed by atoms with Gasteiger partial charge < -0.3 is 19.6 Å². The molecule has 0 spiro atoms. The molecule has 1 aromatic heterocycles. The van der Waals surface area contributed by atoms with Crippen LogP contribution >= 0.6 is 0 Å². The predicted octanol–water partition coefficient (Wildman–Crippen LogP) is 1.56. The van der Waals surface area contributed by atoms with E-state index in [4.69, 9.17) is 14.3 Å². The minimum atomic E-state index is -0.146. The molecule has 0 aliphatic rings. The molecule has 1 amide bonds. The van der Waals surface area contributed by atoms with Gasteiger partial charge in [-0.2, -0.15) is 0 Å². The van der Waals surface area contributed by atoms with Crippen molar-refractivity contribution in [1.82, 2.24) is 5.32 Å². The number of carbonyl (C=O) groups excluding carboxylic acids is 1. The number of amides is 1. The first-order valence-corrected chi connectivity index (χ1v) is 6.26. The van der Waals surface area contributed by atoms with Gasteiger partial charge in [0.25, 0.3) is 5.91 Å². The Hall–Kier alpha value is -1.85. The Morgan fingerprint density at radius 1 is 1.32 bits per heavy atom. The van der Waals surface area contributed by atoms with E-state index in [2.05, 4.69) is 5.32 Å². The summed E-state index contributed by atoms with van der Waals surface area (Å²) >= 11 is 0. The number of aliphatic hydroxyl groups is 1. The second kappa shape index (κ2) is 6.92. The molecule has 2 N–H and O–H groups in total. The minimum Gasteiger partial charge on any atom is -0.463 e. The first-order chi connectivity index (χ1) is 9.33. The van der Waals surface area contributed by atoms with Crippen molar-refractivity contribution in [2.24, 2.45) is 0 Å². The first-order valence-electron chi connectivity index (χ1n) is 6.26. The monoisotopic (exact) mass is 263 g/mol. The Balaban J connectivity index is 1.83. The highest BCUT2D eigenvalue weighted by Gasteiger charge is 2.12. The van der Waals surface area contributed by atoms with Crippen LogP contribution < -0.4 is 5.32 Å². The molecule has 0 saturated carbocycles. The summed E-state index contributed by atoms with van der Waals surface area (Å²) in [5.74, 6) is -0.146. The van der Waals surface area contributed by atoms with Gasteiger partial charge in [0, 0.05) is 18.5 Å². The second-order valence-corrected chi connectivity index (χ2v) is 4.09. The summed E-state index contributed by atoms with van der Waals surface area (Å²) in [5, 5.41) is 12.2. The van der Waals surface area contributed by atoms with Crippen molar-refractivity contribution in [3.8, 4) is 0 Å². The Labute approximate surface area is 111 Å². The fraction of sp³-hybridized carbons (Fsp3) is 0.357. The van der Waals surface area contributed by atoms with Gasteiger partial charge in [-0.05, 0) is 12.5 Å². The van der Waals surface area contributed by atoms with E-state index >= 15 is 0 Å². The maximum Gasteiger partial charge on any atom is 0.255 e. The van der Waals surface area contributed by atoms with Gasteiger partial charge in [-0.3, -0.25) is 4.79 Å². The highest BCUT2D eigenvalue weighted by molar-refractivity contribution is 6.05. The zero-order valence-electron chi connectivity index (χ0n) is 10.6.